The summed E-state index contributed by atoms with van der Waals surface area (Å²) in [5.74, 6) is -1.60. The molecule has 0 radical (unpaired) electrons. The molecule has 0 aromatic carbocycles. The topological polar surface area (TPSA) is 127 Å². The number of anilines is 1. The number of nitrogens with one attached hydrogen (secondary N) is 2. The van der Waals surface area contributed by atoms with Crippen LogP contribution < -0.4 is 15.8 Å². The monoisotopic (exact) mass is 505 g/mol. The predicted octanol–water partition coefficient (Wildman–Crippen LogP) is 2.38. The first kappa shape index (κ1) is 23.6. The van der Waals surface area contributed by atoms with Gasteiger partial charge in [0.05, 0.1) is 21.2 Å². The van der Waals surface area contributed by atoms with Gasteiger partial charge in [-0.2, -0.15) is 13.9 Å². The molecule has 0 spiro atoms. The Morgan fingerprint density at radius 1 is 1.39 bits per heavy atom. The third-order valence-electron chi connectivity index (χ3n) is 6.33. The highest BCUT2D eigenvalue weighted by Crippen LogP contribution is 2.48. The second-order valence-corrected chi connectivity index (χ2v) is 12.4. The summed E-state index contributed by atoms with van der Waals surface area (Å²) in [5, 5.41) is 4.99. The van der Waals surface area contributed by atoms with E-state index >= 15 is 4.39 Å². The minimum Gasteiger partial charge on any atom is -0.386 e. The summed E-state index contributed by atoms with van der Waals surface area (Å²) in [7, 11) is -3.14. The van der Waals surface area contributed by atoms with Crippen LogP contribution in [0.25, 0.3) is 0 Å². The number of nitrogens with zero attached hydrogens (tertiary/aromatic N) is 4. The van der Waals surface area contributed by atoms with Crippen LogP contribution in [0.4, 0.5) is 19.0 Å². The van der Waals surface area contributed by atoms with Gasteiger partial charge in [0.15, 0.2) is 5.69 Å². The van der Waals surface area contributed by atoms with Gasteiger partial charge >= 0.3 is 6.55 Å². The fourth-order valence-corrected chi connectivity index (χ4v) is 8.24. The van der Waals surface area contributed by atoms with Gasteiger partial charge in [0, 0.05) is 6.54 Å². The first-order chi connectivity index (χ1) is 15.3. The van der Waals surface area contributed by atoms with Gasteiger partial charge in [-0.1, -0.05) is 11.6 Å². The van der Waals surface area contributed by atoms with Crippen molar-refractivity contribution in [1.82, 2.24) is 19.5 Å². The molecule has 0 aliphatic carbocycles. The predicted molar refractivity (Wildman–Crippen MR) is 120 cm³/mol. The fourth-order valence-electron chi connectivity index (χ4n) is 4.39. The zero-order chi connectivity index (χ0) is 24.3. The van der Waals surface area contributed by atoms with Gasteiger partial charge in [-0.15, -0.1) is 0 Å². The SMILES string of the molecule is CC1(C)C(N)=N[C@](C)(c2nc(NC(=O)c3nn(C(F)F)cc3Cl)ccc2F)[C@H]2CCN[SH]21=O. The molecule has 2 aliphatic heterocycles. The van der Waals surface area contributed by atoms with E-state index < -0.39 is 49.6 Å². The first-order valence-corrected chi connectivity index (χ1v) is 12.2. The number of aromatic nitrogens is 3. The zero-order valence-electron chi connectivity index (χ0n) is 17.9. The Kier molecular flexibility index (Phi) is 5.57. The number of alkyl halides is 2. The molecule has 180 valence electrons. The van der Waals surface area contributed by atoms with Crippen molar-refractivity contribution in [2.75, 3.05) is 11.9 Å². The van der Waals surface area contributed by atoms with Crippen LogP contribution in [0.1, 0.15) is 49.9 Å². The van der Waals surface area contributed by atoms with Crippen molar-refractivity contribution < 1.29 is 22.2 Å². The standard InChI is InChI=1S/C19H23ClF3N7O2S/c1-18(2)16(24)28-19(3,11-6-7-25-33(11,18)32)14-10(21)4-5-12(26-14)27-15(31)13-9(20)8-30(29-13)17(22)23/h4-5,8,11,17,33H,6-7H2,1-3H3,(H2,24,28)(H,25,32)(H,26,27,31)/t11-,19+/m1/s1. The zero-order valence-corrected chi connectivity index (χ0v) is 19.6. The van der Waals surface area contributed by atoms with Crippen molar-refractivity contribution in [3.05, 3.63) is 40.6 Å². The van der Waals surface area contributed by atoms with E-state index in [2.05, 4.69) is 25.1 Å². The Morgan fingerprint density at radius 2 is 2.09 bits per heavy atom. The van der Waals surface area contributed by atoms with Crippen LogP contribution >= 0.6 is 11.6 Å². The van der Waals surface area contributed by atoms with Crippen LogP contribution in [0.3, 0.4) is 0 Å². The van der Waals surface area contributed by atoms with Gasteiger partial charge in [0.25, 0.3) is 5.91 Å². The third-order valence-corrected chi connectivity index (χ3v) is 10.8. The van der Waals surface area contributed by atoms with Crippen LogP contribution in [0.5, 0.6) is 0 Å². The molecule has 4 rings (SSSR count). The normalized spacial score (nSPS) is 26.5. The number of fused-ring (bicyclic) bond motifs is 1. The lowest BCUT2D eigenvalue weighted by molar-refractivity contribution is 0.0561. The molecule has 1 saturated heterocycles. The van der Waals surface area contributed by atoms with Crippen molar-refractivity contribution in [3.63, 3.8) is 0 Å². The van der Waals surface area contributed by atoms with E-state index in [0.29, 0.717) is 13.0 Å². The number of halogens is 4. The van der Waals surface area contributed by atoms with Crippen LogP contribution in [0.15, 0.2) is 23.3 Å². The van der Waals surface area contributed by atoms with Gasteiger partial charge in [0.2, 0.25) is 0 Å². The van der Waals surface area contributed by atoms with E-state index in [1.54, 1.807) is 20.8 Å². The molecule has 9 nitrogen and oxygen atoms in total. The lowest BCUT2D eigenvalue weighted by Gasteiger charge is -2.50. The van der Waals surface area contributed by atoms with Gasteiger partial charge < -0.3 is 11.1 Å². The van der Waals surface area contributed by atoms with Gasteiger partial charge in [-0.25, -0.2) is 14.1 Å². The Bertz CT molecular complexity index is 1220. The largest absolute Gasteiger partial charge is 0.386 e. The number of rotatable bonds is 4. The van der Waals surface area contributed by atoms with E-state index in [0.717, 1.165) is 12.3 Å². The molecule has 0 unspecified atom stereocenters. The lowest BCUT2D eigenvalue weighted by Crippen LogP contribution is -2.64. The summed E-state index contributed by atoms with van der Waals surface area (Å²) in [6.07, 6.45) is 1.28. The molecule has 4 heterocycles. The van der Waals surface area contributed by atoms with Crippen LogP contribution in [-0.4, -0.2) is 47.3 Å². The summed E-state index contributed by atoms with van der Waals surface area (Å²) >= 11 is 5.84. The Labute approximate surface area is 193 Å². The van der Waals surface area contributed by atoms with Crippen molar-refractivity contribution in [1.29, 1.82) is 0 Å². The second-order valence-electron chi connectivity index (χ2n) is 8.64. The van der Waals surface area contributed by atoms with Crippen molar-refractivity contribution in [2.24, 2.45) is 10.7 Å². The molecule has 1 fully saturated rings. The summed E-state index contributed by atoms with van der Waals surface area (Å²) in [6.45, 7) is 2.56. The van der Waals surface area contributed by atoms with Gasteiger partial charge in [-0.05, 0) is 49.4 Å². The number of hydrogen-bond donors (Lipinski definition) is 4. The molecule has 0 saturated carbocycles. The minimum absolute atomic E-state index is 0.0836. The van der Waals surface area contributed by atoms with Crippen molar-refractivity contribution >= 4 is 39.3 Å². The molecule has 33 heavy (non-hydrogen) atoms. The van der Waals surface area contributed by atoms with E-state index in [1.807, 2.05) is 0 Å². The molecule has 2 atom stereocenters. The number of aliphatic imine (C=N–C) groups is 1. The lowest BCUT2D eigenvalue weighted by atomic mass is 9.90. The Balaban J connectivity index is 1.73. The van der Waals surface area contributed by atoms with E-state index in [-0.39, 0.29) is 27.1 Å². The molecular weight excluding hydrogens is 483 g/mol. The van der Waals surface area contributed by atoms with Gasteiger partial charge in [-0.3, -0.25) is 18.7 Å². The molecule has 2 aromatic rings. The number of thiol groups is 1. The first-order valence-electron chi connectivity index (χ1n) is 10.0. The number of carbonyl (C=O) groups is 1. The van der Waals surface area contributed by atoms with E-state index in [9.17, 15) is 17.8 Å². The maximum absolute atomic E-state index is 15.0. The molecule has 4 N–H and O–H groups in total. The average Bonchev–Trinajstić information content (AvgIpc) is 3.33. The minimum atomic E-state index is -3.14. The average molecular weight is 506 g/mol. The van der Waals surface area contributed by atoms with Crippen LogP contribution in [0, 0.1) is 5.82 Å². The maximum Gasteiger partial charge on any atom is 0.333 e. The number of nitrogens with two attached hydrogens (primary N) is 1. The molecule has 2 aliphatic rings. The highest BCUT2D eigenvalue weighted by atomic mass is 35.5. The Morgan fingerprint density at radius 3 is 2.73 bits per heavy atom. The number of amides is 1. The van der Waals surface area contributed by atoms with Crippen molar-refractivity contribution in [3.8, 4) is 0 Å². The Hall–Kier alpha value is -2.51. The third kappa shape index (κ3) is 3.53. The highest BCUT2D eigenvalue weighted by Gasteiger charge is 2.59. The second kappa shape index (κ2) is 7.77. The fraction of sp³-hybridized carbons (Fsp3) is 0.474. The van der Waals surface area contributed by atoms with Crippen LogP contribution in [0.2, 0.25) is 5.02 Å². The smallest absolute Gasteiger partial charge is 0.333 e. The number of pyridine rings is 1. The summed E-state index contributed by atoms with van der Waals surface area (Å²) in [4.78, 5) is 21.3. The summed E-state index contributed by atoms with van der Waals surface area (Å²) in [5.41, 5.74) is 4.24. The van der Waals surface area contributed by atoms with Gasteiger partial charge in [0.1, 0.15) is 28.7 Å². The molecule has 1 amide bonds. The number of hydrogen-bond acceptors (Lipinski definition) is 6. The molecule has 14 heteroatoms. The van der Waals surface area contributed by atoms with Crippen LogP contribution in [-0.2, 0) is 15.7 Å². The quantitative estimate of drug-likeness (QED) is 0.474. The molecule has 0 bridgehead atoms. The van der Waals surface area contributed by atoms with Crippen molar-refractivity contribution in [2.45, 2.75) is 49.3 Å². The summed E-state index contributed by atoms with van der Waals surface area (Å²) in [6, 6.07) is 2.28. The highest BCUT2D eigenvalue weighted by molar-refractivity contribution is 8.04. The van der Waals surface area contributed by atoms with E-state index in [1.165, 1.54) is 6.07 Å². The number of carbonyl (C=O) groups excluding carboxylic acids is 1. The van der Waals surface area contributed by atoms with E-state index in [4.69, 9.17) is 17.3 Å². The molecular formula is C19H23ClF3N7O2S. The summed E-state index contributed by atoms with van der Waals surface area (Å²) < 4.78 is 57.0. The number of amidine groups is 1. The molecule has 2 aromatic heterocycles. The maximum atomic E-state index is 15.0.